The Morgan fingerprint density at radius 1 is 1.50 bits per heavy atom. The maximum Gasteiger partial charge on any atom is 0.246 e. The van der Waals surface area contributed by atoms with Crippen LogP contribution in [0.5, 0.6) is 0 Å². The highest BCUT2D eigenvalue weighted by Gasteiger charge is 2.21. The van der Waals surface area contributed by atoms with Crippen molar-refractivity contribution in [3.8, 4) is 0 Å². The Morgan fingerprint density at radius 2 is 2.25 bits per heavy atom. The van der Waals surface area contributed by atoms with E-state index in [1.54, 1.807) is 6.20 Å². The van der Waals surface area contributed by atoms with Crippen LogP contribution in [0.4, 0.5) is 5.69 Å². The Kier molecular flexibility index (Phi) is 4.31. The topological polar surface area (TPSA) is 106 Å². The SMILES string of the molecule is Cc1ccccc1NC(C(N)=O)c1cn(CCO)nn1. The van der Waals surface area contributed by atoms with E-state index < -0.39 is 11.9 Å². The molecule has 0 fully saturated rings. The first-order valence-electron chi connectivity index (χ1n) is 6.24. The van der Waals surface area contributed by atoms with Crippen molar-refractivity contribution in [1.29, 1.82) is 0 Å². The lowest BCUT2D eigenvalue weighted by Crippen LogP contribution is -2.28. The van der Waals surface area contributed by atoms with Gasteiger partial charge in [0.25, 0.3) is 0 Å². The van der Waals surface area contributed by atoms with E-state index in [9.17, 15) is 4.79 Å². The number of nitrogens with zero attached hydrogens (tertiary/aromatic N) is 3. The number of hydrogen-bond acceptors (Lipinski definition) is 5. The summed E-state index contributed by atoms with van der Waals surface area (Å²) in [6.07, 6.45) is 1.59. The molecular formula is C13H17N5O2. The van der Waals surface area contributed by atoms with Gasteiger partial charge >= 0.3 is 0 Å². The predicted octanol–water partition coefficient (Wildman–Crippen LogP) is 0.217. The number of nitrogens with two attached hydrogens (primary N) is 1. The highest BCUT2D eigenvalue weighted by molar-refractivity contribution is 5.84. The fourth-order valence-corrected chi connectivity index (χ4v) is 1.84. The van der Waals surface area contributed by atoms with Gasteiger partial charge in [-0.05, 0) is 18.6 Å². The summed E-state index contributed by atoms with van der Waals surface area (Å²) in [7, 11) is 0. The van der Waals surface area contributed by atoms with Crippen molar-refractivity contribution < 1.29 is 9.90 Å². The average Bonchev–Trinajstić information content (AvgIpc) is 2.86. The molecule has 0 radical (unpaired) electrons. The van der Waals surface area contributed by atoms with Crippen LogP contribution in [-0.4, -0.2) is 32.6 Å². The molecule has 1 heterocycles. The summed E-state index contributed by atoms with van der Waals surface area (Å²) in [4.78, 5) is 11.6. The third-order valence-electron chi connectivity index (χ3n) is 2.91. The van der Waals surface area contributed by atoms with Crippen molar-refractivity contribution in [2.45, 2.75) is 19.5 Å². The average molecular weight is 275 g/mol. The molecule has 4 N–H and O–H groups in total. The maximum absolute atomic E-state index is 11.6. The lowest BCUT2D eigenvalue weighted by atomic mass is 10.1. The summed E-state index contributed by atoms with van der Waals surface area (Å²) in [5.74, 6) is -0.538. The molecule has 1 aromatic heterocycles. The lowest BCUT2D eigenvalue weighted by Gasteiger charge is -2.15. The van der Waals surface area contributed by atoms with E-state index in [1.807, 2.05) is 31.2 Å². The van der Waals surface area contributed by atoms with Gasteiger partial charge in [-0.1, -0.05) is 23.4 Å². The zero-order valence-corrected chi connectivity index (χ0v) is 11.2. The molecule has 1 atom stereocenters. The van der Waals surface area contributed by atoms with Crippen LogP contribution in [0.1, 0.15) is 17.3 Å². The van der Waals surface area contributed by atoms with Crippen molar-refractivity contribution in [2.75, 3.05) is 11.9 Å². The molecule has 1 aromatic carbocycles. The highest BCUT2D eigenvalue weighted by atomic mass is 16.3. The molecule has 0 bridgehead atoms. The predicted molar refractivity (Wildman–Crippen MR) is 73.8 cm³/mol. The minimum Gasteiger partial charge on any atom is -0.394 e. The monoisotopic (exact) mass is 275 g/mol. The number of para-hydroxylation sites is 1. The number of hydrogen-bond donors (Lipinski definition) is 3. The van der Waals surface area contributed by atoms with E-state index in [4.69, 9.17) is 10.8 Å². The Bertz CT molecular complexity index is 596. The van der Waals surface area contributed by atoms with E-state index in [-0.39, 0.29) is 6.61 Å². The van der Waals surface area contributed by atoms with E-state index in [2.05, 4.69) is 15.6 Å². The van der Waals surface area contributed by atoms with Crippen LogP contribution < -0.4 is 11.1 Å². The number of aliphatic hydroxyl groups is 1. The van der Waals surface area contributed by atoms with Gasteiger partial charge in [0, 0.05) is 5.69 Å². The van der Waals surface area contributed by atoms with Crippen LogP contribution in [0.15, 0.2) is 30.5 Å². The molecule has 2 rings (SSSR count). The lowest BCUT2D eigenvalue weighted by molar-refractivity contribution is -0.118. The maximum atomic E-state index is 11.6. The number of amides is 1. The minimum absolute atomic E-state index is 0.0464. The second-order valence-corrected chi connectivity index (χ2v) is 4.42. The van der Waals surface area contributed by atoms with Gasteiger partial charge < -0.3 is 16.2 Å². The second kappa shape index (κ2) is 6.16. The molecule has 0 aliphatic carbocycles. The van der Waals surface area contributed by atoms with Crippen LogP contribution in [-0.2, 0) is 11.3 Å². The fourth-order valence-electron chi connectivity index (χ4n) is 1.84. The smallest absolute Gasteiger partial charge is 0.246 e. The summed E-state index contributed by atoms with van der Waals surface area (Å²) >= 11 is 0. The Balaban J connectivity index is 2.23. The van der Waals surface area contributed by atoms with E-state index >= 15 is 0 Å². The number of rotatable bonds is 6. The Hall–Kier alpha value is -2.41. The van der Waals surface area contributed by atoms with Crippen molar-refractivity contribution in [1.82, 2.24) is 15.0 Å². The third-order valence-corrected chi connectivity index (χ3v) is 2.91. The van der Waals surface area contributed by atoms with Crippen LogP contribution in [0.2, 0.25) is 0 Å². The molecule has 7 heteroatoms. The number of aryl methyl sites for hydroxylation is 1. The molecule has 106 valence electrons. The van der Waals surface area contributed by atoms with Crippen LogP contribution in [0.25, 0.3) is 0 Å². The molecule has 7 nitrogen and oxygen atoms in total. The fraction of sp³-hybridized carbons (Fsp3) is 0.308. The molecule has 1 unspecified atom stereocenters. The normalized spacial score (nSPS) is 12.1. The zero-order valence-electron chi connectivity index (χ0n) is 11.2. The minimum atomic E-state index is -0.761. The van der Waals surface area contributed by atoms with Gasteiger partial charge in [0.15, 0.2) is 6.04 Å². The molecule has 0 spiro atoms. The number of carbonyl (C=O) groups excluding carboxylic acids is 1. The van der Waals surface area contributed by atoms with Crippen molar-refractivity contribution in [3.63, 3.8) is 0 Å². The first-order chi connectivity index (χ1) is 9.61. The summed E-state index contributed by atoms with van der Waals surface area (Å²) < 4.78 is 1.46. The molecule has 0 saturated heterocycles. The highest BCUT2D eigenvalue weighted by Crippen LogP contribution is 2.20. The first-order valence-corrected chi connectivity index (χ1v) is 6.24. The van der Waals surface area contributed by atoms with Gasteiger partial charge in [-0.2, -0.15) is 0 Å². The first kappa shape index (κ1) is 14.0. The van der Waals surface area contributed by atoms with Crippen molar-refractivity contribution >= 4 is 11.6 Å². The van der Waals surface area contributed by atoms with Crippen LogP contribution in [0, 0.1) is 6.92 Å². The van der Waals surface area contributed by atoms with Gasteiger partial charge in [0.05, 0.1) is 19.3 Å². The quantitative estimate of drug-likeness (QED) is 0.699. The zero-order chi connectivity index (χ0) is 14.5. The third kappa shape index (κ3) is 3.12. The second-order valence-electron chi connectivity index (χ2n) is 4.42. The molecule has 0 aliphatic rings. The van der Waals surface area contributed by atoms with Crippen LogP contribution in [0.3, 0.4) is 0 Å². The standard InChI is InChI=1S/C13H17N5O2/c1-9-4-2-3-5-10(9)15-12(13(14)20)11-8-18(6-7-19)17-16-11/h2-5,8,12,15,19H,6-7H2,1H3,(H2,14,20). The largest absolute Gasteiger partial charge is 0.394 e. The van der Waals surface area contributed by atoms with Gasteiger partial charge in [-0.3, -0.25) is 4.79 Å². The molecule has 2 aromatic rings. The summed E-state index contributed by atoms with van der Waals surface area (Å²) in [6.45, 7) is 2.21. The number of aliphatic hydroxyl groups excluding tert-OH is 1. The number of anilines is 1. The van der Waals surface area contributed by atoms with Gasteiger partial charge in [0.1, 0.15) is 5.69 Å². The van der Waals surface area contributed by atoms with E-state index in [0.717, 1.165) is 11.3 Å². The van der Waals surface area contributed by atoms with Gasteiger partial charge in [-0.15, -0.1) is 5.10 Å². The van der Waals surface area contributed by atoms with Gasteiger partial charge in [0.2, 0.25) is 5.91 Å². The molecule has 0 aliphatic heterocycles. The number of benzene rings is 1. The molecule has 0 saturated carbocycles. The number of nitrogens with one attached hydrogen (secondary N) is 1. The van der Waals surface area contributed by atoms with Crippen molar-refractivity contribution in [3.05, 3.63) is 41.7 Å². The molecule has 1 amide bonds. The Morgan fingerprint density at radius 3 is 2.90 bits per heavy atom. The summed E-state index contributed by atoms with van der Waals surface area (Å²) in [5.41, 5.74) is 7.66. The van der Waals surface area contributed by atoms with E-state index in [0.29, 0.717) is 12.2 Å². The number of aromatic nitrogens is 3. The summed E-state index contributed by atoms with van der Waals surface area (Å²) in [5, 5.41) is 19.7. The van der Waals surface area contributed by atoms with Gasteiger partial charge in [-0.25, -0.2) is 4.68 Å². The number of carbonyl (C=O) groups is 1. The number of primary amides is 1. The summed E-state index contributed by atoms with van der Waals surface area (Å²) in [6, 6.07) is 6.82. The van der Waals surface area contributed by atoms with Crippen molar-refractivity contribution in [2.24, 2.45) is 5.73 Å². The van der Waals surface area contributed by atoms with E-state index in [1.165, 1.54) is 4.68 Å². The molecule has 20 heavy (non-hydrogen) atoms. The molecular weight excluding hydrogens is 258 g/mol. The Labute approximate surface area is 116 Å². The van der Waals surface area contributed by atoms with Crippen LogP contribution >= 0.6 is 0 Å².